The molecule has 4 rings (SSSR count). The van der Waals surface area contributed by atoms with Crippen LogP contribution in [0.5, 0.6) is 0 Å². The van der Waals surface area contributed by atoms with Crippen LogP contribution in [-0.2, 0) is 14.9 Å². The Kier molecular flexibility index (Phi) is 8.71. The Bertz CT molecular complexity index is 1140. The van der Waals surface area contributed by atoms with Crippen LogP contribution < -0.4 is 4.90 Å². The fraction of sp³-hybridized carbons (Fsp3) is 0.387. The zero-order valence-electron chi connectivity index (χ0n) is 21.6. The summed E-state index contributed by atoms with van der Waals surface area (Å²) in [6.07, 6.45) is 1.59. The van der Waals surface area contributed by atoms with Gasteiger partial charge < -0.3 is 9.64 Å². The molecule has 1 saturated heterocycles. The number of halogens is 1. The minimum atomic E-state index is -0.632. The van der Waals surface area contributed by atoms with Crippen molar-refractivity contribution >= 4 is 23.3 Å². The molecular weight excluding hydrogens is 468 g/mol. The maximum absolute atomic E-state index is 13.1. The lowest BCUT2D eigenvalue weighted by Gasteiger charge is -2.37. The predicted molar refractivity (Wildman–Crippen MR) is 150 cm³/mol. The third-order valence-corrected chi connectivity index (χ3v) is 7.45. The normalized spacial score (nSPS) is 16.1. The predicted octanol–water partition coefficient (Wildman–Crippen LogP) is 6.82. The Hall–Kier alpha value is -2.82. The van der Waals surface area contributed by atoms with E-state index >= 15 is 0 Å². The van der Waals surface area contributed by atoms with Crippen LogP contribution >= 0.6 is 11.6 Å². The number of carbonyl (C=O) groups is 1. The molecule has 0 radical (unpaired) electrons. The molecule has 0 aliphatic carbocycles. The number of hydrogen-bond donors (Lipinski definition) is 0. The molecule has 0 N–H and O–H groups in total. The van der Waals surface area contributed by atoms with E-state index in [-0.39, 0.29) is 12.1 Å². The van der Waals surface area contributed by atoms with Gasteiger partial charge in [0.25, 0.3) is 0 Å². The first-order valence-electron chi connectivity index (χ1n) is 13.0. The summed E-state index contributed by atoms with van der Waals surface area (Å²) in [6, 6.07) is 26.7. The molecule has 190 valence electrons. The van der Waals surface area contributed by atoms with Crippen LogP contribution in [0, 0.1) is 0 Å². The summed E-state index contributed by atoms with van der Waals surface area (Å²) in [5.41, 5.74) is 3.84. The zero-order chi connectivity index (χ0) is 25.5. The molecule has 5 heteroatoms. The summed E-state index contributed by atoms with van der Waals surface area (Å²) >= 11 is 6.43. The van der Waals surface area contributed by atoms with E-state index in [1.54, 1.807) is 0 Å². The van der Waals surface area contributed by atoms with E-state index in [4.69, 9.17) is 16.3 Å². The summed E-state index contributed by atoms with van der Waals surface area (Å²) in [5, 5.41) is 0.777. The summed E-state index contributed by atoms with van der Waals surface area (Å²) in [7, 11) is 0. The van der Waals surface area contributed by atoms with Crippen molar-refractivity contribution in [3.8, 4) is 11.1 Å². The molecular formula is C31H37ClN2O2. The van der Waals surface area contributed by atoms with Gasteiger partial charge in [-0.25, -0.2) is 0 Å². The van der Waals surface area contributed by atoms with Gasteiger partial charge in [-0.3, -0.25) is 9.69 Å². The second-order valence-corrected chi connectivity index (χ2v) is 10.5. The van der Waals surface area contributed by atoms with Crippen LogP contribution in [0.15, 0.2) is 78.9 Å². The molecule has 0 bridgehead atoms. The minimum Gasteiger partial charge on any atom is -0.462 e. The highest BCUT2D eigenvalue weighted by Gasteiger charge is 2.37. The smallest absolute Gasteiger partial charge is 0.316 e. The Morgan fingerprint density at radius 3 is 2.33 bits per heavy atom. The van der Waals surface area contributed by atoms with Crippen molar-refractivity contribution in [2.24, 2.45) is 0 Å². The molecule has 3 aromatic rings. The molecule has 0 amide bonds. The summed E-state index contributed by atoms with van der Waals surface area (Å²) < 4.78 is 5.66. The monoisotopic (exact) mass is 504 g/mol. The van der Waals surface area contributed by atoms with Crippen LogP contribution in [0.25, 0.3) is 11.1 Å². The van der Waals surface area contributed by atoms with E-state index in [0.29, 0.717) is 0 Å². The SMILES string of the molecule is CC(C)OC(=O)C(C)(CCCN1CCN(c2cccc(-c3ccccc3Cl)c2)CC1)c1ccccc1. The molecule has 1 atom stereocenters. The number of esters is 1. The second-order valence-electron chi connectivity index (χ2n) is 10.1. The quantitative estimate of drug-likeness (QED) is 0.299. The van der Waals surface area contributed by atoms with Gasteiger partial charge in [0.1, 0.15) is 0 Å². The third-order valence-electron chi connectivity index (χ3n) is 7.12. The number of nitrogens with zero attached hydrogens (tertiary/aromatic N) is 2. The molecule has 1 aliphatic rings. The Morgan fingerprint density at radius 2 is 1.64 bits per heavy atom. The maximum atomic E-state index is 13.1. The Labute approximate surface area is 220 Å². The van der Waals surface area contributed by atoms with Crippen LogP contribution in [-0.4, -0.2) is 49.7 Å². The highest BCUT2D eigenvalue weighted by atomic mass is 35.5. The van der Waals surface area contributed by atoms with E-state index < -0.39 is 5.41 Å². The van der Waals surface area contributed by atoms with Crippen LogP contribution in [0.1, 0.15) is 39.2 Å². The second kappa shape index (κ2) is 11.9. The first kappa shape index (κ1) is 26.2. The summed E-state index contributed by atoms with van der Waals surface area (Å²) in [5.74, 6) is -0.132. The van der Waals surface area contributed by atoms with Gasteiger partial charge in [-0.15, -0.1) is 0 Å². The minimum absolute atomic E-state index is 0.120. The highest BCUT2D eigenvalue weighted by Crippen LogP contribution is 2.32. The zero-order valence-corrected chi connectivity index (χ0v) is 22.4. The summed E-state index contributed by atoms with van der Waals surface area (Å²) in [4.78, 5) is 18.0. The number of piperazine rings is 1. The number of ether oxygens (including phenoxy) is 1. The largest absolute Gasteiger partial charge is 0.462 e. The molecule has 0 spiro atoms. The van der Waals surface area contributed by atoms with Gasteiger partial charge in [0, 0.05) is 42.5 Å². The van der Waals surface area contributed by atoms with E-state index in [1.807, 2.05) is 69.3 Å². The first-order chi connectivity index (χ1) is 17.4. The fourth-order valence-electron chi connectivity index (χ4n) is 4.97. The first-order valence-corrected chi connectivity index (χ1v) is 13.3. The molecule has 1 aliphatic heterocycles. The number of hydrogen-bond acceptors (Lipinski definition) is 4. The molecule has 36 heavy (non-hydrogen) atoms. The van der Waals surface area contributed by atoms with Crippen molar-refractivity contribution < 1.29 is 9.53 Å². The van der Waals surface area contributed by atoms with E-state index in [9.17, 15) is 4.79 Å². The number of anilines is 1. The average Bonchev–Trinajstić information content (AvgIpc) is 2.89. The van der Waals surface area contributed by atoms with Crippen molar-refractivity contribution in [3.05, 3.63) is 89.4 Å². The van der Waals surface area contributed by atoms with E-state index in [2.05, 4.69) is 40.1 Å². The lowest BCUT2D eigenvalue weighted by atomic mass is 9.78. The molecule has 0 aromatic heterocycles. The van der Waals surface area contributed by atoms with Crippen LogP contribution in [0.2, 0.25) is 5.02 Å². The van der Waals surface area contributed by atoms with Gasteiger partial charge >= 0.3 is 5.97 Å². The fourth-order valence-corrected chi connectivity index (χ4v) is 5.21. The third kappa shape index (κ3) is 6.29. The summed E-state index contributed by atoms with van der Waals surface area (Å²) in [6.45, 7) is 10.8. The van der Waals surface area contributed by atoms with E-state index in [0.717, 1.165) is 67.3 Å². The Morgan fingerprint density at radius 1 is 0.944 bits per heavy atom. The van der Waals surface area contributed by atoms with Crippen molar-refractivity contribution in [1.29, 1.82) is 0 Å². The molecule has 3 aromatic carbocycles. The van der Waals surface area contributed by atoms with E-state index in [1.165, 1.54) is 5.69 Å². The van der Waals surface area contributed by atoms with Gasteiger partial charge in [-0.2, -0.15) is 0 Å². The van der Waals surface area contributed by atoms with Crippen molar-refractivity contribution in [3.63, 3.8) is 0 Å². The number of benzene rings is 3. The molecule has 0 saturated carbocycles. The van der Waals surface area contributed by atoms with Gasteiger partial charge in [0.15, 0.2) is 0 Å². The van der Waals surface area contributed by atoms with Gasteiger partial charge in [-0.05, 0) is 69.5 Å². The highest BCUT2D eigenvalue weighted by molar-refractivity contribution is 6.33. The number of carbonyl (C=O) groups excluding carboxylic acids is 1. The van der Waals surface area contributed by atoms with Crippen molar-refractivity contribution in [2.75, 3.05) is 37.6 Å². The number of rotatable bonds is 9. The van der Waals surface area contributed by atoms with Crippen LogP contribution in [0.3, 0.4) is 0 Å². The molecule has 1 fully saturated rings. The van der Waals surface area contributed by atoms with Crippen molar-refractivity contribution in [2.45, 2.75) is 45.1 Å². The van der Waals surface area contributed by atoms with Gasteiger partial charge in [0.05, 0.1) is 11.5 Å². The van der Waals surface area contributed by atoms with Crippen molar-refractivity contribution in [1.82, 2.24) is 4.90 Å². The molecule has 1 unspecified atom stereocenters. The van der Waals surface area contributed by atoms with Gasteiger partial charge in [0.2, 0.25) is 0 Å². The van der Waals surface area contributed by atoms with Gasteiger partial charge in [-0.1, -0.05) is 72.3 Å². The molecule has 4 nitrogen and oxygen atoms in total. The molecule has 1 heterocycles. The Balaban J connectivity index is 1.33. The lowest BCUT2D eigenvalue weighted by Crippen LogP contribution is -2.47. The standard InChI is InChI=1S/C31H37ClN2O2/c1-24(2)36-30(35)31(3,26-12-5-4-6-13-26)17-10-18-33-19-21-34(22-20-33)27-14-9-11-25(23-27)28-15-7-8-16-29(28)32/h4-9,11-16,23-24H,10,17-22H2,1-3H3. The average molecular weight is 505 g/mol. The lowest BCUT2D eigenvalue weighted by molar-refractivity contribution is -0.154. The maximum Gasteiger partial charge on any atom is 0.316 e. The van der Waals surface area contributed by atoms with Crippen LogP contribution in [0.4, 0.5) is 5.69 Å². The topological polar surface area (TPSA) is 32.8 Å².